The van der Waals surface area contributed by atoms with Crippen molar-refractivity contribution in [3.8, 4) is 0 Å². The van der Waals surface area contributed by atoms with Crippen molar-refractivity contribution in [1.29, 1.82) is 0 Å². The highest BCUT2D eigenvalue weighted by molar-refractivity contribution is 9.10. The fourth-order valence-electron chi connectivity index (χ4n) is 1.87. The minimum atomic E-state index is -0.915. The lowest BCUT2D eigenvalue weighted by atomic mass is 10.1. The zero-order valence-corrected chi connectivity index (χ0v) is 12.5. The molecule has 0 bridgehead atoms. The summed E-state index contributed by atoms with van der Waals surface area (Å²) in [5.41, 5.74) is 1.02. The number of hydrogen-bond acceptors (Lipinski definition) is 3. The number of anilines is 1. The first kappa shape index (κ1) is 14.3. The van der Waals surface area contributed by atoms with Gasteiger partial charge in [0, 0.05) is 24.7 Å². The molecule has 1 N–H and O–H groups in total. The van der Waals surface area contributed by atoms with Crippen LogP contribution in [0.15, 0.2) is 22.7 Å². The van der Waals surface area contributed by atoms with Crippen LogP contribution in [0.2, 0.25) is 0 Å². The van der Waals surface area contributed by atoms with Crippen molar-refractivity contribution >= 4 is 27.6 Å². The fraction of sp³-hybridized carbons (Fsp3) is 0.500. The molecule has 1 fully saturated rings. The lowest BCUT2D eigenvalue weighted by molar-refractivity contribution is 0.0697. The molecule has 19 heavy (non-hydrogen) atoms. The van der Waals surface area contributed by atoms with Crippen molar-refractivity contribution in [3.63, 3.8) is 0 Å². The van der Waals surface area contributed by atoms with Gasteiger partial charge in [-0.1, -0.05) is 15.9 Å². The van der Waals surface area contributed by atoms with Crippen molar-refractivity contribution in [1.82, 2.24) is 0 Å². The summed E-state index contributed by atoms with van der Waals surface area (Å²) in [7, 11) is 1.89. The van der Waals surface area contributed by atoms with Gasteiger partial charge in [-0.25, -0.2) is 4.79 Å². The lowest BCUT2D eigenvalue weighted by Crippen LogP contribution is -2.24. The van der Waals surface area contributed by atoms with Crippen molar-refractivity contribution in [3.05, 3.63) is 28.2 Å². The van der Waals surface area contributed by atoms with Crippen LogP contribution < -0.4 is 4.90 Å². The zero-order valence-electron chi connectivity index (χ0n) is 10.9. The minimum Gasteiger partial charge on any atom is -0.478 e. The SMILES string of the molecule is CN(CCOCC1CC1)c1ccc(Br)cc1C(=O)O. The Hall–Kier alpha value is -1.07. The molecule has 0 aliphatic heterocycles. The van der Waals surface area contributed by atoms with Gasteiger partial charge in [0.15, 0.2) is 0 Å². The molecule has 0 atom stereocenters. The summed E-state index contributed by atoms with van der Waals surface area (Å²) in [4.78, 5) is 13.1. The number of benzene rings is 1. The Balaban J connectivity index is 1.92. The molecular formula is C14H18BrNO3. The summed E-state index contributed by atoms with van der Waals surface area (Å²) >= 11 is 3.29. The van der Waals surface area contributed by atoms with E-state index in [9.17, 15) is 9.90 Å². The number of carbonyl (C=O) groups is 1. The van der Waals surface area contributed by atoms with Crippen LogP contribution >= 0.6 is 15.9 Å². The maximum absolute atomic E-state index is 11.2. The Morgan fingerprint density at radius 2 is 2.26 bits per heavy atom. The number of likely N-dealkylation sites (N-methyl/N-ethyl adjacent to an activating group) is 1. The van der Waals surface area contributed by atoms with Crippen LogP contribution in [0.4, 0.5) is 5.69 Å². The van der Waals surface area contributed by atoms with Gasteiger partial charge in [-0.3, -0.25) is 0 Å². The quantitative estimate of drug-likeness (QED) is 0.782. The van der Waals surface area contributed by atoms with Gasteiger partial charge < -0.3 is 14.7 Å². The molecule has 1 aromatic rings. The number of rotatable bonds is 7. The number of ether oxygens (including phenoxy) is 1. The second kappa shape index (κ2) is 6.39. The minimum absolute atomic E-state index is 0.305. The summed E-state index contributed by atoms with van der Waals surface area (Å²) < 4.78 is 6.35. The number of halogens is 1. The molecule has 104 valence electrons. The predicted molar refractivity (Wildman–Crippen MR) is 77.9 cm³/mol. The molecule has 2 rings (SSSR count). The summed E-state index contributed by atoms with van der Waals surface area (Å²) in [6.45, 7) is 2.15. The highest BCUT2D eigenvalue weighted by Gasteiger charge is 2.21. The Kier molecular flexibility index (Phi) is 4.82. The maximum Gasteiger partial charge on any atom is 0.337 e. The molecule has 0 radical (unpaired) electrons. The molecule has 0 amide bonds. The van der Waals surface area contributed by atoms with E-state index in [0.717, 1.165) is 17.0 Å². The first-order valence-electron chi connectivity index (χ1n) is 6.39. The van der Waals surface area contributed by atoms with E-state index in [0.29, 0.717) is 24.4 Å². The molecule has 4 nitrogen and oxygen atoms in total. The van der Waals surface area contributed by atoms with Crippen LogP contribution in [0.5, 0.6) is 0 Å². The van der Waals surface area contributed by atoms with Crippen molar-refractivity contribution in [2.24, 2.45) is 5.92 Å². The monoisotopic (exact) mass is 327 g/mol. The molecule has 0 saturated heterocycles. The first-order valence-corrected chi connectivity index (χ1v) is 7.19. The zero-order chi connectivity index (χ0) is 13.8. The van der Waals surface area contributed by atoms with E-state index in [1.165, 1.54) is 12.8 Å². The second-order valence-electron chi connectivity index (χ2n) is 4.91. The maximum atomic E-state index is 11.2. The summed E-state index contributed by atoms with van der Waals surface area (Å²) in [5, 5.41) is 9.21. The van der Waals surface area contributed by atoms with Gasteiger partial charge in [0.1, 0.15) is 0 Å². The van der Waals surface area contributed by atoms with Gasteiger partial charge in [0.05, 0.1) is 17.9 Å². The predicted octanol–water partition coefficient (Wildman–Crippen LogP) is 3.01. The highest BCUT2D eigenvalue weighted by atomic mass is 79.9. The summed E-state index contributed by atoms with van der Waals surface area (Å²) in [5.74, 6) is -0.158. The molecule has 1 aliphatic rings. The van der Waals surface area contributed by atoms with Gasteiger partial charge in [0.25, 0.3) is 0 Å². The first-order chi connectivity index (χ1) is 9.08. The fourth-order valence-corrected chi connectivity index (χ4v) is 2.23. The average Bonchev–Trinajstić information content (AvgIpc) is 3.18. The van der Waals surface area contributed by atoms with E-state index in [1.807, 2.05) is 24.1 Å². The normalized spacial score (nSPS) is 14.4. The molecule has 0 spiro atoms. The van der Waals surface area contributed by atoms with Crippen LogP contribution in [-0.2, 0) is 4.74 Å². The van der Waals surface area contributed by atoms with Crippen LogP contribution in [0.3, 0.4) is 0 Å². The van der Waals surface area contributed by atoms with Gasteiger partial charge in [0.2, 0.25) is 0 Å². The smallest absolute Gasteiger partial charge is 0.337 e. The second-order valence-corrected chi connectivity index (χ2v) is 5.82. The van der Waals surface area contributed by atoms with E-state index < -0.39 is 5.97 Å². The van der Waals surface area contributed by atoms with Crippen LogP contribution in [0.1, 0.15) is 23.2 Å². The van der Waals surface area contributed by atoms with Crippen LogP contribution in [-0.4, -0.2) is 37.9 Å². The topological polar surface area (TPSA) is 49.8 Å². The number of carboxylic acids is 1. The van der Waals surface area contributed by atoms with E-state index in [2.05, 4.69) is 15.9 Å². The molecule has 0 aromatic heterocycles. The molecule has 5 heteroatoms. The highest BCUT2D eigenvalue weighted by Crippen LogP contribution is 2.28. The van der Waals surface area contributed by atoms with E-state index >= 15 is 0 Å². The Morgan fingerprint density at radius 3 is 2.89 bits per heavy atom. The third kappa shape index (κ3) is 4.21. The van der Waals surface area contributed by atoms with Gasteiger partial charge >= 0.3 is 5.97 Å². The molecular weight excluding hydrogens is 310 g/mol. The van der Waals surface area contributed by atoms with E-state index in [1.54, 1.807) is 6.07 Å². The number of aromatic carboxylic acids is 1. The van der Waals surface area contributed by atoms with Gasteiger partial charge in [-0.15, -0.1) is 0 Å². The third-order valence-corrected chi connectivity index (χ3v) is 3.72. The molecule has 1 aromatic carbocycles. The average molecular weight is 328 g/mol. The Labute approximate surface area is 121 Å². The lowest BCUT2D eigenvalue weighted by Gasteiger charge is -2.21. The van der Waals surface area contributed by atoms with Crippen molar-refractivity contribution in [2.75, 3.05) is 31.7 Å². The molecule has 1 aliphatic carbocycles. The standard InChI is InChI=1S/C14H18BrNO3/c1-16(6-7-19-9-10-2-3-10)13-5-4-11(15)8-12(13)14(17)18/h4-5,8,10H,2-3,6-7,9H2,1H3,(H,17,18). The molecule has 0 heterocycles. The van der Waals surface area contributed by atoms with Gasteiger partial charge in [-0.05, 0) is 37.0 Å². The third-order valence-electron chi connectivity index (χ3n) is 3.22. The molecule has 0 unspecified atom stereocenters. The summed E-state index contributed by atoms with van der Waals surface area (Å²) in [6, 6.07) is 5.29. The van der Waals surface area contributed by atoms with Gasteiger partial charge in [-0.2, -0.15) is 0 Å². The largest absolute Gasteiger partial charge is 0.478 e. The van der Waals surface area contributed by atoms with Crippen LogP contribution in [0, 0.1) is 5.92 Å². The van der Waals surface area contributed by atoms with Crippen molar-refractivity contribution < 1.29 is 14.6 Å². The molecule has 1 saturated carbocycles. The van der Waals surface area contributed by atoms with Crippen LogP contribution in [0.25, 0.3) is 0 Å². The van der Waals surface area contributed by atoms with E-state index in [-0.39, 0.29) is 0 Å². The Bertz CT molecular complexity index is 460. The van der Waals surface area contributed by atoms with E-state index in [4.69, 9.17) is 4.74 Å². The summed E-state index contributed by atoms with van der Waals surface area (Å²) in [6.07, 6.45) is 2.57. The number of hydrogen-bond donors (Lipinski definition) is 1. The number of nitrogens with zero attached hydrogens (tertiary/aromatic N) is 1. The number of carboxylic acid groups (broad SMARTS) is 1. The van der Waals surface area contributed by atoms with Crippen molar-refractivity contribution in [2.45, 2.75) is 12.8 Å². The Morgan fingerprint density at radius 1 is 1.53 bits per heavy atom.